The summed E-state index contributed by atoms with van der Waals surface area (Å²) in [5.74, 6) is 0. The summed E-state index contributed by atoms with van der Waals surface area (Å²) in [7, 11) is 0. The Bertz CT molecular complexity index is 3230. The van der Waals surface area contributed by atoms with Crippen LogP contribution in [0.25, 0.3) is 88.3 Å². The van der Waals surface area contributed by atoms with Crippen molar-refractivity contribution in [2.24, 2.45) is 0 Å². The van der Waals surface area contributed by atoms with E-state index in [1.54, 1.807) is 0 Å². The number of rotatable bonds is 5. The smallest absolute Gasteiger partial charge is 0.136 e. The van der Waals surface area contributed by atoms with E-state index < -0.39 is 0 Å². The molecular formula is C55H37NO. The Kier molecular flexibility index (Phi) is 6.72. The maximum absolute atomic E-state index is 6.68. The van der Waals surface area contributed by atoms with E-state index in [9.17, 15) is 0 Å². The number of hydrogen-bond donors (Lipinski definition) is 0. The lowest BCUT2D eigenvalue weighted by atomic mass is 9.82. The van der Waals surface area contributed by atoms with Crippen LogP contribution in [0.2, 0.25) is 0 Å². The molecule has 2 heteroatoms. The second kappa shape index (κ2) is 11.9. The lowest BCUT2D eigenvalue weighted by Crippen LogP contribution is -2.16. The SMILES string of the molecule is CC1(C)c2ccccc2-c2c(N(c3ccc(-c4ccccc4)cc3)c3ccc4oc5cc(-c6ccc7c8c(cccc68)-c6ccccc6-7)ccc5c4c3)cccc21. The predicted octanol–water partition coefficient (Wildman–Crippen LogP) is 15.5. The molecule has 2 nitrogen and oxygen atoms in total. The fourth-order valence-electron chi connectivity index (χ4n) is 9.91. The van der Waals surface area contributed by atoms with Crippen LogP contribution in [-0.2, 0) is 5.41 Å². The molecule has 10 aromatic rings. The first kappa shape index (κ1) is 32.1. The number of furan rings is 1. The molecular weight excluding hydrogens is 691 g/mol. The second-order valence-electron chi connectivity index (χ2n) is 16.0. The Morgan fingerprint density at radius 2 is 1.02 bits per heavy atom. The maximum atomic E-state index is 6.68. The summed E-state index contributed by atoms with van der Waals surface area (Å²) in [6.07, 6.45) is 0. The van der Waals surface area contributed by atoms with Gasteiger partial charge in [0.2, 0.25) is 0 Å². The molecule has 0 unspecified atom stereocenters. The van der Waals surface area contributed by atoms with Crippen molar-refractivity contribution >= 4 is 49.8 Å². The Hall–Kier alpha value is -7.16. The third-order valence-corrected chi connectivity index (χ3v) is 12.6. The van der Waals surface area contributed by atoms with E-state index in [1.807, 2.05) is 0 Å². The van der Waals surface area contributed by atoms with Gasteiger partial charge >= 0.3 is 0 Å². The molecule has 0 saturated heterocycles. The predicted molar refractivity (Wildman–Crippen MR) is 239 cm³/mol. The molecule has 0 saturated carbocycles. The van der Waals surface area contributed by atoms with Crippen LogP contribution in [0.4, 0.5) is 17.1 Å². The van der Waals surface area contributed by atoms with Gasteiger partial charge < -0.3 is 9.32 Å². The standard InChI is InChI=1S/C55H37NO/c1-55(2)48-19-9-8-16-46(48)54-49(55)20-11-21-50(54)56(37-25-22-35(23-26-37)34-12-4-3-5-13-34)38-27-31-51-47(33-38)42-28-24-36(32-52(42)57-51)39-29-30-45-41-15-7-6-14-40(41)44-18-10-17-43(39)53(44)45/h3-33H,1-2H3. The molecule has 2 aliphatic rings. The van der Waals surface area contributed by atoms with E-state index in [0.717, 1.165) is 38.9 Å². The third kappa shape index (κ3) is 4.65. The topological polar surface area (TPSA) is 16.4 Å². The largest absolute Gasteiger partial charge is 0.456 e. The molecule has 0 radical (unpaired) electrons. The molecule has 9 aromatic carbocycles. The monoisotopic (exact) mass is 727 g/mol. The van der Waals surface area contributed by atoms with Gasteiger partial charge in [-0.25, -0.2) is 0 Å². The van der Waals surface area contributed by atoms with Crippen molar-refractivity contribution in [1.82, 2.24) is 0 Å². The van der Waals surface area contributed by atoms with Crippen LogP contribution in [-0.4, -0.2) is 0 Å². The van der Waals surface area contributed by atoms with E-state index in [4.69, 9.17) is 4.42 Å². The van der Waals surface area contributed by atoms with Crippen molar-refractivity contribution in [3.05, 3.63) is 199 Å². The number of benzene rings is 9. The van der Waals surface area contributed by atoms with E-state index in [-0.39, 0.29) is 5.41 Å². The summed E-state index contributed by atoms with van der Waals surface area (Å²) >= 11 is 0. The first-order valence-corrected chi connectivity index (χ1v) is 19.8. The molecule has 1 heterocycles. The summed E-state index contributed by atoms with van der Waals surface area (Å²) in [5.41, 5.74) is 20.4. The summed E-state index contributed by atoms with van der Waals surface area (Å²) in [6, 6.07) is 68.8. The van der Waals surface area contributed by atoms with Crippen molar-refractivity contribution in [3.63, 3.8) is 0 Å². The van der Waals surface area contributed by atoms with Crippen molar-refractivity contribution in [1.29, 1.82) is 0 Å². The van der Waals surface area contributed by atoms with Crippen LogP contribution in [0, 0.1) is 0 Å². The molecule has 0 fully saturated rings. The van der Waals surface area contributed by atoms with Crippen LogP contribution in [0.3, 0.4) is 0 Å². The minimum absolute atomic E-state index is 0.109. The van der Waals surface area contributed by atoms with Gasteiger partial charge in [0.05, 0.1) is 5.69 Å². The van der Waals surface area contributed by atoms with Gasteiger partial charge in [0.25, 0.3) is 0 Å². The summed E-state index contributed by atoms with van der Waals surface area (Å²) in [6.45, 7) is 4.70. The minimum Gasteiger partial charge on any atom is -0.456 e. The lowest BCUT2D eigenvalue weighted by Gasteiger charge is -2.29. The second-order valence-corrected chi connectivity index (χ2v) is 16.0. The molecule has 0 aliphatic heterocycles. The van der Waals surface area contributed by atoms with Crippen LogP contribution < -0.4 is 4.90 Å². The van der Waals surface area contributed by atoms with E-state index in [0.29, 0.717) is 0 Å². The maximum Gasteiger partial charge on any atom is 0.136 e. The Morgan fingerprint density at radius 1 is 0.386 bits per heavy atom. The fourth-order valence-corrected chi connectivity index (χ4v) is 9.91. The average molecular weight is 728 g/mol. The molecule has 0 atom stereocenters. The summed E-state index contributed by atoms with van der Waals surface area (Å²) < 4.78 is 6.68. The fraction of sp³-hybridized carbons (Fsp3) is 0.0545. The highest BCUT2D eigenvalue weighted by atomic mass is 16.3. The Morgan fingerprint density at radius 3 is 1.84 bits per heavy atom. The highest BCUT2D eigenvalue weighted by molar-refractivity contribution is 6.19. The molecule has 12 rings (SSSR count). The first-order chi connectivity index (χ1) is 28.0. The highest BCUT2D eigenvalue weighted by Crippen LogP contribution is 2.55. The van der Waals surface area contributed by atoms with Gasteiger partial charge in [-0.1, -0.05) is 153 Å². The van der Waals surface area contributed by atoms with Crippen LogP contribution in [0.15, 0.2) is 192 Å². The van der Waals surface area contributed by atoms with Gasteiger partial charge in [0.1, 0.15) is 11.2 Å². The van der Waals surface area contributed by atoms with Crippen LogP contribution in [0.1, 0.15) is 25.0 Å². The number of fused-ring (bicyclic) bond motifs is 9. The normalized spacial score (nSPS) is 13.2. The zero-order chi connectivity index (χ0) is 37.8. The summed E-state index contributed by atoms with van der Waals surface area (Å²) in [4.78, 5) is 2.43. The van der Waals surface area contributed by atoms with Gasteiger partial charge in [0.15, 0.2) is 0 Å². The zero-order valence-electron chi connectivity index (χ0n) is 31.8. The minimum atomic E-state index is -0.109. The first-order valence-electron chi connectivity index (χ1n) is 19.8. The van der Waals surface area contributed by atoms with Crippen LogP contribution in [0.5, 0.6) is 0 Å². The lowest BCUT2D eigenvalue weighted by molar-refractivity contribution is 0.660. The van der Waals surface area contributed by atoms with Crippen molar-refractivity contribution in [3.8, 4) is 55.6 Å². The van der Waals surface area contributed by atoms with Gasteiger partial charge in [0, 0.05) is 33.1 Å². The highest BCUT2D eigenvalue weighted by Gasteiger charge is 2.37. The zero-order valence-corrected chi connectivity index (χ0v) is 31.8. The molecule has 268 valence electrons. The molecule has 2 aliphatic carbocycles. The number of nitrogens with zero attached hydrogens (tertiary/aromatic N) is 1. The molecule has 57 heavy (non-hydrogen) atoms. The Balaban J connectivity index is 1.02. The average Bonchev–Trinajstić information content (AvgIpc) is 3.88. The molecule has 0 bridgehead atoms. The van der Waals surface area contributed by atoms with Gasteiger partial charge in [-0.3, -0.25) is 0 Å². The van der Waals surface area contributed by atoms with Crippen LogP contribution >= 0.6 is 0 Å². The summed E-state index contributed by atoms with van der Waals surface area (Å²) in [5, 5.41) is 4.82. The third-order valence-electron chi connectivity index (χ3n) is 12.6. The van der Waals surface area contributed by atoms with Crippen molar-refractivity contribution in [2.45, 2.75) is 19.3 Å². The Labute approximate surface area is 331 Å². The van der Waals surface area contributed by atoms with E-state index >= 15 is 0 Å². The number of hydrogen-bond acceptors (Lipinski definition) is 2. The molecule has 0 amide bonds. The quantitative estimate of drug-likeness (QED) is 0.175. The molecule has 0 spiro atoms. The molecule has 1 aromatic heterocycles. The molecule has 0 N–H and O–H groups in total. The van der Waals surface area contributed by atoms with Gasteiger partial charge in [-0.05, 0) is 121 Å². The number of anilines is 3. The van der Waals surface area contributed by atoms with Gasteiger partial charge in [-0.15, -0.1) is 0 Å². The van der Waals surface area contributed by atoms with E-state index in [2.05, 4.69) is 207 Å². The van der Waals surface area contributed by atoms with E-state index in [1.165, 1.54) is 77.7 Å². The van der Waals surface area contributed by atoms with Gasteiger partial charge in [-0.2, -0.15) is 0 Å². The van der Waals surface area contributed by atoms with Crippen molar-refractivity contribution < 1.29 is 4.42 Å². The van der Waals surface area contributed by atoms with Crippen molar-refractivity contribution in [2.75, 3.05) is 4.90 Å².